The number of hydrogen-bond donors (Lipinski definition) is 2. The van der Waals surface area contributed by atoms with Gasteiger partial charge in [-0.05, 0) is 61.1 Å². The molecule has 0 spiro atoms. The Kier molecular flexibility index (Phi) is 4.11. The molecule has 5 rings (SSSR count). The van der Waals surface area contributed by atoms with Gasteiger partial charge in [-0.15, -0.1) is 0 Å². The lowest BCUT2D eigenvalue weighted by Gasteiger charge is -2.31. The van der Waals surface area contributed by atoms with Crippen molar-refractivity contribution < 1.29 is 9.18 Å². The summed E-state index contributed by atoms with van der Waals surface area (Å²) in [5, 5.41) is 8.14. The van der Waals surface area contributed by atoms with E-state index >= 15 is 0 Å². The van der Waals surface area contributed by atoms with Crippen LogP contribution in [0.1, 0.15) is 28.9 Å². The number of nitrogens with one attached hydrogen (secondary N) is 2. The van der Waals surface area contributed by atoms with Crippen LogP contribution in [0, 0.1) is 11.7 Å². The quantitative estimate of drug-likeness (QED) is 0.561. The summed E-state index contributed by atoms with van der Waals surface area (Å²) < 4.78 is 13.1. The molecule has 0 atom stereocenters. The molecule has 1 aliphatic rings. The Balaban J connectivity index is 1.28. The van der Waals surface area contributed by atoms with Crippen LogP contribution >= 0.6 is 0 Å². The number of hydrogen-bond acceptors (Lipinski definition) is 2. The second-order valence-electron chi connectivity index (χ2n) is 7.58. The van der Waals surface area contributed by atoms with E-state index in [2.05, 4.69) is 15.2 Å². The highest BCUT2D eigenvalue weighted by Gasteiger charge is 2.25. The van der Waals surface area contributed by atoms with Crippen LogP contribution in [0.5, 0.6) is 0 Å². The highest BCUT2D eigenvalue weighted by molar-refractivity contribution is 6.08. The van der Waals surface area contributed by atoms with Crippen LogP contribution in [0.25, 0.3) is 21.8 Å². The summed E-state index contributed by atoms with van der Waals surface area (Å²) in [6, 6.07) is 12.6. The van der Waals surface area contributed by atoms with E-state index in [0.717, 1.165) is 59.7 Å². The molecule has 1 saturated heterocycles. The van der Waals surface area contributed by atoms with Crippen molar-refractivity contribution in [3.8, 4) is 0 Å². The second kappa shape index (κ2) is 6.78. The summed E-state index contributed by atoms with van der Waals surface area (Å²) in [5.74, 6) is 0.323. The van der Waals surface area contributed by atoms with E-state index in [9.17, 15) is 9.18 Å². The average molecular weight is 376 g/mol. The fraction of sp³-hybridized carbons (Fsp3) is 0.273. The molecule has 1 aliphatic heterocycles. The Hall–Kier alpha value is -3.15. The zero-order valence-electron chi connectivity index (χ0n) is 15.4. The summed E-state index contributed by atoms with van der Waals surface area (Å²) in [6.07, 6.45) is 4.75. The number of nitrogens with zero attached hydrogens (tertiary/aromatic N) is 2. The third-order valence-corrected chi connectivity index (χ3v) is 5.76. The predicted octanol–water partition coefficient (Wildman–Crippen LogP) is 4.28. The van der Waals surface area contributed by atoms with Crippen LogP contribution in [0.15, 0.2) is 48.7 Å². The molecule has 0 radical (unpaired) electrons. The molecule has 0 unspecified atom stereocenters. The summed E-state index contributed by atoms with van der Waals surface area (Å²) in [5.41, 5.74) is 3.47. The second-order valence-corrected chi connectivity index (χ2v) is 7.58. The third-order valence-electron chi connectivity index (χ3n) is 5.76. The Morgan fingerprint density at radius 2 is 1.93 bits per heavy atom. The van der Waals surface area contributed by atoms with Crippen molar-refractivity contribution in [1.29, 1.82) is 0 Å². The maximum Gasteiger partial charge on any atom is 0.272 e. The number of H-pyrrole nitrogens is 2. The predicted molar refractivity (Wildman–Crippen MR) is 107 cm³/mol. The van der Waals surface area contributed by atoms with Gasteiger partial charge in [0, 0.05) is 30.1 Å². The van der Waals surface area contributed by atoms with Gasteiger partial charge in [-0.2, -0.15) is 0 Å². The van der Waals surface area contributed by atoms with E-state index in [1.807, 2.05) is 41.4 Å². The molecular weight excluding hydrogens is 355 g/mol. The van der Waals surface area contributed by atoms with Gasteiger partial charge in [-0.1, -0.05) is 12.1 Å². The molecule has 1 amide bonds. The van der Waals surface area contributed by atoms with Gasteiger partial charge in [-0.3, -0.25) is 4.79 Å². The van der Waals surface area contributed by atoms with Crippen LogP contribution in [-0.2, 0) is 6.42 Å². The normalized spacial score (nSPS) is 15.5. The van der Waals surface area contributed by atoms with Gasteiger partial charge in [0.05, 0.1) is 11.0 Å². The molecule has 2 aromatic carbocycles. The molecule has 0 aliphatic carbocycles. The minimum atomic E-state index is -0.201. The molecule has 0 bridgehead atoms. The van der Waals surface area contributed by atoms with Gasteiger partial charge in [0.25, 0.3) is 5.91 Å². The van der Waals surface area contributed by atoms with Crippen LogP contribution in [0.4, 0.5) is 4.39 Å². The lowest BCUT2D eigenvalue weighted by atomic mass is 9.90. The Labute approximate surface area is 161 Å². The van der Waals surface area contributed by atoms with Crippen molar-refractivity contribution >= 4 is 27.7 Å². The van der Waals surface area contributed by atoms with Gasteiger partial charge in [-0.25, -0.2) is 9.37 Å². The zero-order chi connectivity index (χ0) is 19.1. The summed E-state index contributed by atoms with van der Waals surface area (Å²) >= 11 is 0. The number of aromatic amines is 2. The minimum Gasteiger partial charge on any atom is -0.337 e. The summed E-state index contributed by atoms with van der Waals surface area (Å²) in [6.45, 7) is 1.47. The lowest BCUT2D eigenvalue weighted by molar-refractivity contribution is 0.0685. The lowest BCUT2D eigenvalue weighted by Crippen LogP contribution is -2.39. The van der Waals surface area contributed by atoms with Crippen LogP contribution in [0.3, 0.4) is 0 Å². The first kappa shape index (κ1) is 17.0. The first-order valence-electron chi connectivity index (χ1n) is 9.66. The molecule has 6 heteroatoms. The molecule has 28 heavy (non-hydrogen) atoms. The molecule has 1 fully saturated rings. The number of likely N-dealkylation sites (tertiary alicyclic amines) is 1. The maximum atomic E-state index is 13.1. The number of aromatic nitrogens is 3. The largest absolute Gasteiger partial charge is 0.337 e. The standard InChI is InChI=1S/C22H21FN4O/c23-17-4-1-14(2-5-17)11-15-7-9-27(10-8-15)22(28)20-12-18-19(25-20)6-3-16-13-24-26-21(16)18/h1-6,12-13,15,24,26H,7-11H2. The number of piperidine rings is 1. The van der Waals surface area contributed by atoms with Gasteiger partial charge < -0.3 is 15.1 Å². The fourth-order valence-corrected chi connectivity index (χ4v) is 4.18. The van der Waals surface area contributed by atoms with Crippen molar-refractivity contribution in [2.45, 2.75) is 19.3 Å². The molecule has 2 N–H and O–H groups in total. The highest BCUT2D eigenvalue weighted by Crippen LogP contribution is 2.26. The number of amides is 1. The van der Waals surface area contributed by atoms with Crippen LogP contribution in [0.2, 0.25) is 0 Å². The first-order valence-corrected chi connectivity index (χ1v) is 9.66. The molecule has 4 aromatic rings. The van der Waals surface area contributed by atoms with Crippen molar-refractivity contribution in [3.63, 3.8) is 0 Å². The average Bonchev–Trinajstić information content (AvgIpc) is 3.36. The van der Waals surface area contributed by atoms with E-state index in [1.165, 1.54) is 12.1 Å². The summed E-state index contributed by atoms with van der Waals surface area (Å²) in [4.78, 5) is 19.4. The number of fused-ring (bicyclic) bond motifs is 3. The van der Waals surface area contributed by atoms with Crippen molar-refractivity contribution in [2.75, 3.05) is 13.1 Å². The molecule has 3 heterocycles. The topological polar surface area (TPSA) is 64.8 Å². The van der Waals surface area contributed by atoms with E-state index in [-0.39, 0.29) is 11.7 Å². The monoisotopic (exact) mass is 376 g/mol. The maximum absolute atomic E-state index is 13.1. The minimum absolute atomic E-state index is 0.000109. The first-order chi connectivity index (χ1) is 13.7. The SMILES string of the molecule is O=C(c1cc2c(ccc3c[nH][nH]c32)n1)N1CCC(Cc2ccc(F)cc2)CC1. The van der Waals surface area contributed by atoms with Gasteiger partial charge >= 0.3 is 0 Å². The smallest absolute Gasteiger partial charge is 0.272 e. The van der Waals surface area contributed by atoms with Gasteiger partial charge in [0.15, 0.2) is 0 Å². The van der Waals surface area contributed by atoms with Gasteiger partial charge in [0.2, 0.25) is 0 Å². The van der Waals surface area contributed by atoms with E-state index in [1.54, 1.807) is 0 Å². The fourth-order valence-electron chi connectivity index (χ4n) is 4.18. The number of benzene rings is 2. The molecule has 5 nitrogen and oxygen atoms in total. The summed E-state index contributed by atoms with van der Waals surface area (Å²) in [7, 11) is 0. The van der Waals surface area contributed by atoms with Crippen molar-refractivity contribution in [1.82, 2.24) is 20.1 Å². The van der Waals surface area contributed by atoms with Crippen molar-refractivity contribution in [2.24, 2.45) is 5.92 Å². The Morgan fingerprint density at radius 3 is 2.71 bits per heavy atom. The third kappa shape index (κ3) is 3.05. The number of halogens is 1. The van der Waals surface area contributed by atoms with Crippen molar-refractivity contribution in [3.05, 3.63) is 65.7 Å². The molecule has 2 aromatic heterocycles. The Bertz CT molecular complexity index is 1140. The highest BCUT2D eigenvalue weighted by atomic mass is 19.1. The van der Waals surface area contributed by atoms with E-state index in [4.69, 9.17) is 0 Å². The molecule has 0 saturated carbocycles. The van der Waals surface area contributed by atoms with Crippen LogP contribution < -0.4 is 0 Å². The van der Waals surface area contributed by atoms with E-state index in [0.29, 0.717) is 11.6 Å². The zero-order valence-corrected chi connectivity index (χ0v) is 15.4. The number of rotatable bonds is 3. The van der Waals surface area contributed by atoms with Crippen LogP contribution in [-0.4, -0.2) is 39.1 Å². The molecule has 142 valence electrons. The Morgan fingerprint density at radius 1 is 1.14 bits per heavy atom. The van der Waals surface area contributed by atoms with Gasteiger partial charge in [0.1, 0.15) is 11.5 Å². The number of carbonyl (C=O) groups excluding carboxylic acids is 1. The molecular formula is C22H21FN4O. The number of carbonyl (C=O) groups is 1. The van der Waals surface area contributed by atoms with E-state index < -0.39 is 0 Å².